The van der Waals surface area contributed by atoms with Crippen LogP contribution in [0.5, 0.6) is 0 Å². The first kappa shape index (κ1) is 16.2. The molecule has 3 heteroatoms. The van der Waals surface area contributed by atoms with Crippen LogP contribution in [0.25, 0.3) is 10.9 Å². The predicted octanol–water partition coefficient (Wildman–Crippen LogP) is 3.98. The van der Waals surface area contributed by atoms with E-state index in [2.05, 4.69) is 4.98 Å². The van der Waals surface area contributed by atoms with Gasteiger partial charge in [-0.15, -0.1) is 0 Å². The van der Waals surface area contributed by atoms with Crippen molar-refractivity contribution in [3.8, 4) is 0 Å². The van der Waals surface area contributed by atoms with Crippen molar-refractivity contribution in [3.63, 3.8) is 0 Å². The average molecular weight is 273 g/mol. The lowest BCUT2D eigenvalue weighted by atomic mass is 10.00. The minimum atomic E-state index is -0.194. The van der Waals surface area contributed by atoms with Crippen LogP contribution in [0.1, 0.15) is 37.6 Å². The lowest BCUT2D eigenvalue weighted by Crippen LogP contribution is -2.10. The van der Waals surface area contributed by atoms with E-state index in [-0.39, 0.29) is 5.97 Å². The number of esters is 1. The molecule has 0 aliphatic heterocycles. The highest BCUT2D eigenvalue weighted by Gasteiger charge is 2.13. The van der Waals surface area contributed by atoms with Crippen molar-refractivity contribution in [2.45, 2.75) is 41.0 Å². The molecule has 1 aromatic carbocycles. The van der Waals surface area contributed by atoms with E-state index in [0.717, 1.165) is 27.7 Å². The van der Waals surface area contributed by atoms with Crippen LogP contribution in [-0.2, 0) is 16.0 Å². The molecular weight excluding hydrogens is 250 g/mol. The van der Waals surface area contributed by atoms with Gasteiger partial charge < -0.3 is 4.74 Å². The number of ether oxygens (including phenoxy) is 1. The lowest BCUT2D eigenvalue weighted by molar-refractivity contribution is -0.142. The second-order valence-corrected chi connectivity index (χ2v) is 4.30. The van der Waals surface area contributed by atoms with E-state index in [9.17, 15) is 4.79 Å². The van der Waals surface area contributed by atoms with Gasteiger partial charge in [-0.1, -0.05) is 32.0 Å². The first-order valence-corrected chi connectivity index (χ1v) is 7.14. The normalized spacial score (nSPS) is 9.85. The fourth-order valence-corrected chi connectivity index (χ4v) is 2.19. The van der Waals surface area contributed by atoms with E-state index >= 15 is 0 Å². The van der Waals surface area contributed by atoms with Gasteiger partial charge in [0.25, 0.3) is 0 Å². The van der Waals surface area contributed by atoms with Gasteiger partial charge in [0.15, 0.2) is 0 Å². The molecule has 0 saturated heterocycles. The number of para-hydroxylation sites is 1. The number of carbonyl (C=O) groups is 1. The van der Waals surface area contributed by atoms with Gasteiger partial charge in [0.1, 0.15) is 0 Å². The van der Waals surface area contributed by atoms with E-state index in [4.69, 9.17) is 4.74 Å². The summed E-state index contributed by atoms with van der Waals surface area (Å²) in [4.78, 5) is 16.1. The van der Waals surface area contributed by atoms with Crippen LogP contribution >= 0.6 is 0 Å². The topological polar surface area (TPSA) is 39.2 Å². The molecule has 0 bridgehead atoms. The Morgan fingerprint density at radius 3 is 2.50 bits per heavy atom. The fourth-order valence-electron chi connectivity index (χ4n) is 2.19. The molecular formula is C17H23NO2. The molecule has 0 spiro atoms. The predicted molar refractivity (Wildman–Crippen MR) is 82.9 cm³/mol. The van der Waals surface area contributed by atoms with Gasteiger partial charge in [0, 0.05) is 11.1 Å². The summed E-state index contributed by atoms with van der Waals surface area (Å²) in [5, 5.41) is 1.10. The van der Waals surface area contributed by atoms with Crippen LogP contribution in [0.2, 0.25) is 0 Å². The van der Waals surface area contributed by atoms with E-state index in [0.29, 0.717) is 13.0 Å². The zero-order valence-electron chi connectivity index (χ0n) is 13.0. The molecule has 0 amide bonds. The molecule has 108 valence electrons. The van der Waals surface area contributed by atoms with E-state index in [1.807, 2.05) is 58.9 Å². The summed E-state index contributed by atoms with van der Waals surface area (Å²) in [6.07, 6.45) is 0.295. The molecule has 2 aromatic rings. The number of fused-ring (bicyclic) bond motifs is 1. The van der Waals surface area contributed by atoms with Gasteiger partial charge in [0.2, 0.25) is 0 Å². The smallest absolute Gasteiger partial charge is 0.310 e. The lowest BCUT2D eigenvalue weighted by Gasteiger charge is -2.11. The Balaban J connectivity index is 0.000000956. The quantitative estimate of drug-likeness (QED) is 0.794. The Morgan fingerprint density at radius 1 is 1.20 bits per heavy atom. The van der Waals surface area contributed by atoms with E-state index in [1.165, 1.54) is 0 Å². The Bertz CT molecular complexity index is 591. The molecule has 3 nitrogen and oxygen atoms in total. The maximum Gasteiger partial charge on any atom is 0.310 e. The number of pyridine rings is 1. The fraction of sp³-hybridized carbons (Fsp3) is 0.412. The van der Waals surface area contributed by atoms with Gasteiger partial charge in [-0.3, -0.25) is 9.78 Å². The molecule has 0 fully saturated rings. The SMILES string of the molecule is CC.CCOC(=O)Cc1c(C)nc2ccccc2c1C. The molecule has 1 heterocycles. The van der Waals surface area contributed by atoms with Crippen molar-refractivity contribution in [1.82, 2.24) is 4.98 Å². The van der Waals surface area contributed by atoms with Gasteiger partial charge in [-0.25, -0.2) is 0 Å². The molecule has 0 saturated carbocycles. The molecule has 0 unspecified atom stereocenters. The third-order valence-electron chi connectivity index (χ3n) is 3.11. The molecule has 0 aliphatic carbocycles. The molecule has 1 aromatic heterocycles. The minimum Gasteiger partial charge on any atom is -0.466 e. The summed E-state index contributed by atoms with van der Waals surface area (Å²) in [5.41, 5.74) is 3.97. The maximum absolute atomic E-state index is 11.6. The number of rotatable bonds is 3. The Kier molecular flexibility index (Phi) is 6.16. The third kappa shape index (κ3) is 3.56. The van der Waals surface area contributed by atoms with Crippen LogP contribution in [-0.4, -0.2) is 17.6 Å². The first-order chi connectivity index (χ1) is 9.63. The van der Waals surface area contributed by atoms with Gasteiger partial charge in [-0.2, -0.15) is 0 Å². The third-order valence-corrected chi connectivity index (χ3v) is 3.11. The van der Waals surface area contributed by atoms with Crippen molar-refractivity contribution in [1.29, 1.82) is 0 Å². The van der Waals surface area contributed by atoms with Crippen molar-refractivity contribution in [2.75, 3.05) is 6.61 Å². The van der Waals surface area contributed by atoms with Crippen molar-refractivity contribution >= 4 is 16.9 Å². The van der Waals surface area contributed by atoms with Crippen LogP contribution in [0, 0.1) is 13.8 Å². The summed E-state index contributed by atoms with van der Waals surface area (Å²) in [7, 11) is 0. The van der Waals surface area contributed by atoms with Crippen molar-refractivity contribution in [2.24, 2.45) is 0 Å². The number of hydrogen-bond donors (Lipinski definition) is 0. The number of benzene rings is 1. The molecule has 0 N–H and O–H groups in total. The molecule has 0 radical (unpaired) electrons. The zero-order valence-corrected chi connectivity index (χ0v) is 13.0. The Labute approximate surface area is 121 Å². The minimum absolute atomic E-state index is 0.194. The summed E-state index contributed by atoms with van der Waals surface area (Å²) >= 11 is 0. The number of carbonyl (C=O) groups excluding carboxylic acids is 1. The number of hydrogen-bond acceptors (Lipinski definition) is 3. The Hall–Kier alpha value is -1.90. The highest BCUT2D eigenvalue weighted by atomic mass is 16.5. The largest absolute Gasteiger partial charge is 0.466 e. The van der Waals surface area contributed by atoms with Crippen LogP contribution in [0.15, 0.2) is 24.3 Å². The molecule has 0 aliphatic rings. The Morgan fingerprint density at radius 2 is 1.85 bits per heavy atom. The van der Waals surface area contributed by atoms with Crippen molar-refractivity contribution < 1.29 is 9.53 Å². The molecule has 20 heavy (non-hydrogen) atoms. The zero-order chi connectivity index (χ0) is 15.1. The molecule has 0 atom stereocenters. The van der Waals surface area contributed by atoms with Gasteiger partial charge in [0.05, 0.1) is 18.5 Å². The summed E-state index contributed by atoms with van der Waals surface area (Å²) in [6.45, 7) is 10.2. The summed E-state index contributed by atoms with van der Waals surface area (Å²) in [5.74, 6) is -0.194. The molecule has 2 rings (SSSR count). The second-order valence-electron chi connectivity index (χ2n) is 4.30. The van der Waals surface area contributed by atoms with Crippen LogP contribution < -0.4 is 0 Å². The summed E-state index contributed by atoms with van der Waals surface area (Å²) < 4.78 is 5.00. The van der Waals surface area contributed by atoms with E-state index < -0.39 is 0 Å². The number of aromatic nitrogens is 1. The second kappa shape index (κ2) is 7.63. The standard InChI is InChI=1S/C15H17NO2.C2H6/c1-4-18-15(17)9-13-10(2)12-7-5-6-8-14(12)16-11(13)3;1-2/h5-8H,4,9H2,1-3H3;1-2H3. The maximum atomic E-state index is 11.6. The van der Waals surface area contributed by atoms with Crippen LogP contribution in [0.3, 0.4) is 0 Å². The highest BCUT2D eigenvalue weighted by molar-refractivity contribution is 5.85. The number of aryl methyl sites for hydroxylation is 2. The monoisotopic (exact) mass is 273 g/mol. The number of nitrogens with zero attached hydrogens (tertiary/aromatic N) is 1. The van der Waals surface area contributed by atoms with Crippen LogP contribution in [0.4, 0.5) is 0 Å². The van der Waals surface area contributed by atoms with Gasteiger partial charge >= 0.3 is 5.97 Å². The summed E-state index contributed by atoms with van der Waals surface area (Å²) in [6, 6.07) is 7.98. The van der Waals surface area contributed by atoms with E-state index in [1.54, 1.807) is 0 Å². The van der Waals surface area contributed by atoms with Crippen molar-refractivity contribution in [3.05, 3.63) is 41.1 Å². The average Bonchev–Trinajstić information content (AvgIpc) is 2.46. The highest BCUT2D eigenvalue weighted by Crippen LogP contribution is 2.23. The van der Waals surface area contributed by atoms with Gasteiger partial charge in [-0.05, 0) is 38.0 Å². The first-order valence-electron chi connectivity index (χ1n) is 7.14.